The van der Waals surface area contributed by atoms with Crippen LogP contribution in [0.15, 0.2) is 12.3 Å². The molecule has 0 aliphatic carbocycles. The number of aryl methyl sites for hydroxylation is 1. The van der Waals surface area contributed by atoms with Crippen molar-refractivity contribution in [3.8, 4) is 0 Å². The van der Waals surface area contributed by atoms with Crippen LogP contribution in [-0.2, 0) is 0 Å². The predicted molar refractivity (Wildman–Crippen MR) is 63.2 cm³/mol. The molecule has 17 heavy (non-hydrogen) atoms. The van der Waals surface area contributed by atoms with Gasteiger partial charge in [-0.15, -0.1) is 0 Å². The third-order valence-corrected chi connectivity index (χ3v) is 2.83. The quantitative estimate of drug-likeness (QED) is 0.787. The lowest BCUT2D eigenvalue weighted by atomic mass is 10.4. The minimum absolute atomic E-state index is 0.507. The number of rotatable bonds is 1. The highest BCUT2D eigenvalue weighted by Crippen LogP contribution is 2.11. The number of carbonyl (C=O) groups is 1. The number of hydrogen-bond acceptors (Lipinski definition) is 4. The zero-order valence-electron chi connectivity index (χ0n) is 9.83. The molecule has 1 aromatic rings. The summed E-state index contributed by atoms with van der Waals surface area (Å²) in [5.41, 5.74) is 0.925. The first-order valence-electron chi connectivity index (χ1n) is 5.69. The van der Waals surface area contributed by atoms with Gasteiger partial charge in [-0.2, -0.15) is 0 Å². The molecular formula is C11H16N4O2. The van der Waals surface area contributed by atoms with E-state index in [0.29, 0.717) is 25.6 Å². The highest BCUT2D eigenvalue weighted by molar-refractivity contribution is 5.65. The van der Waals surface area contributed by atoms with Crippen LogP contribution in [0.1, 0.15) is 12.1 Å². The molecule has 1 saturated heterocycles. The molecule has 0 saturated carbocycles. The van der Waals surface area contributed by atoms with Gasteiger partial charge in [0.15, 0.2) is 0 Å². The van der Waals surface area contributed by atoms with E-state index in [9.17, 15) is 4.79 Å². The molecule has 0 aromatic carbocycles. The summed E-state index contributed by atoms with van der Waals surface area (Å²) in [6, 6.07) is 1.85. The Balaban J connectivity index is 2.06. The van der Waals surface area contributed by atoms with Gasteiger partial charge in [0.1, 0.15) is 0 Å². The maximum absolute atomic E-state index is 10.9. The number of hydrogen-bond donors (Lipinski definition) is 1. The second kappa shape index (κ2) is 4.99. The summed E-state index contributed by atoms with van der Waals surface area (Å²) in [5.74, 6) is 0.692. The molecule has 1 aliphatic rings. The number of carboxylic acid groups (broad SMARTS) is 1. The molecule has 1 aromatic heterocycles. The Hall–Kier alpha value is -1.85. The van der Waals surface area contributed by atoms with Gasteiger partial charge in [0.25, 0.3) is 0 Å². The van der Waals surface area contributed by atoms with Crippen LogP contribution in [0.2, 0.25) is 0 Å². The van der Waals surface area contributed by atoms with Gasteiger partial charge in [-0.1, -0.05) is 0 Å². The van der Waals surface area contributed by atoms with Gasteiger partial charge >= 0.3 is 6.09 Å². The van der Waals surface area contributed by atoms with Gasteiger partial charge in [0.2, 0.25) is 5.95 Å². The van der Waals surface area contributed by atoms with Crippen LogP contribution >= 0.6 is 0 Å². The zero-order chi connectivity index (χ0) is 12.3. The Labute approximate surface area is 99.9 Å². The number of anilines is 1. The fourth-order valence-corrected chi connectivity index (χ4v) is 1.90. The fraction of sp³-hybridized carbons (Fsp3) is 0.545. The third-order valence-electron chi connectivity index (χ3n) is 2.83. The van der Waals surface area contributed by atoms with Crippen molar-refractivity contribution < 1.29 is 9.90 Å². The summed E-state index contributed by atoms with van der Waals surface area (Å²) in [7, 11) is 0. The summed E-state index contributed by atoms with van der Waals surface area (Å²) in [5, 5.41) is 8.94. The number of amides is 1. The molecule has 0 atom stereocenters. The van der Waals surface area contributed by atoms with Crippen molar-refractivity contribution in [2.24, 2.45) is 0 Å². The van der Waals surface area contributed by atoms with E-state index < -0.39 is 6.09 Å². The summed E-state index contributed by atoms with van der Waals surface area (Å²) in [4.78, 5) is 22.9. The first-order chi connectivity index (χ1) is 8.16. The number of nitrogens with zero attached hydrogens (tertiary/aromatic N) is 4. The Morgan fingerprint density at radius 2 is 2.18 bits per heavy atom. The first kappa shape index (κ1) is 11.6. The van der Waals surface area contributed by atoms with Crippen LogP contribution in [0, 0.1) is 6.92 Å². The first-order valence-corrected chi connectivity index (χ1v) is 5.69. The van der Waals surface area contributed by atoms with Crippen LogP contribution in [-0.4, -0.2) is 52.2 Å². The van der Waals surface area contributed by atoms with Crippen molar-refractivity contribution in [2.45, 2.75) is 13.3 Å². The van der Waals surface area contributed by atoms with Crippen molar-refractivity contribution in [1.82, 2.24) is 14.9 Å². The van der Waals surface area contributed by atoms with Crippen molar-refractivity contribution in [1.29, 1.82) is 0 Å². The average molecular weight is 236 g/mol. The minimum Gasteiger partial charge on any atom is -0.465 e. The molecular weight excluding hydrogens is 220 g/mol. The van der Waals surface area contributed by atoms with Crippen molar-refractivity contribution in [3.63, 3.8) is 0 Å². The molecule has 0 spiro atoms. The van der Waals surface area contributed by atoms with Crippen LogP contribution in [0.3, 0.4) is 0 Å². The largest absolute Gasteiger partial charge is 0.465 e. The van der Waals surface area contributed by atoms with Crippen molar-refractivity contribution in [3.05, 3.63) is 18.0 Å². The van der Waals surface area contributed by atoms with Crippen molar-refractivity contribution in [2.75, 3.05) is 31.1 Å². The molecule has 0 unspecified atom stereocenters. The fourth-order valence-electron chi connectivity index (χ4n) is 1.90. The van der Waals surface area contributed by atoms with E-state index in [1.165, 1.54) is 4.90 Å². The van der Waals surface area contributed by atoms with E-state index >= 15 is 0 Å². The summed E-state index contributed by atoms with van der Waals surface area (Å²) in [6.45, 7) is 4.46. The van der Waals surface area contributed by atoms with E-state index in [4.69, 9.17) is 5.11 Å². The monoisotopic (exact) mass is 236 g/mol. The van der Waals surface area contributed by atoms with E-state index in [0.717, 1.165) is 18.7 Å². The van der Waals surface area contributed by atoms with E-state index in [-0.39, 0.29) is 0 Å². The van der Waals surface area contributed by atoms with E-state index in [1.54, 1.807) is 6.20 Å². The van der Waals surface area contributed by atoms with Gasteiger partial charge in [0.05, 0.1) is 0 Å². The lowest BCUT2D eigenvalue weighted by Gasteiger charge is -2.20. The molecule has 0 bridgehead atoms. The minimum atomic E-state index is -0.850. The topological polar surface area (TPSA) is 69.6 Å². The maximum atomic E-state index is 10.9. The van der Waals surface area contributed by atoms with Crippen LogP contribution < -0.4 is 4.90 Å². The van der Waals surface area contributed by atoms with Crippen molar-refractivity contribution >= 4 is 12.0 Å². The SMILES string of the molecule is Cc1ccnc(N2CCCN(C(=O)O)CC2)n1. The van der Waals surface area contributed by atoms with Gasteiger partial charge < -0.3 is 14.9 Å². The van der Waals surface area contributed by atoms with Crippen LogP contribution in [0.4, 0.5) is 10.7 Å². The molecule has 1 N–H and O–H groups in total. The second-order valence-electron chi connectivity index (χ2n) is 4.11. The average Bonchev–Trinajstić information content (AvgIpc) is 2.54. The molecule has 1 aliphatic heterocycles. The molecule has 0 radical (unpaired) electrons. The van der Waals surface area contributed by atoms with Crippen LogP contribution in [0.25, 0.3) is 0 Å². The molecule has 6 nitrogen and oxygen atoms in total. The second-order valence-corrected chi connectivity index (χ2v) is 4.11. The normalized spacial score (nSPS) is 16.8. The highest BCUT2D eigenvalue weighted by Gasteiger charge is 2.19. The highest BCUT2D eigenvalue weighted by atomic mass is 16.4. The van der Waals surface area contributed by atoms with Gasteiger partial charge in [-0.05, 0) is 19.4 Å². The molecule has 6 heteroatoms. The van der Waals surface area contributed by atoms with E-state index in [1.807, 2.05) is 17.9 Å². The smallest absolute Gasteiger partial charge is 0.407 e. The Bertz CT molecular complexity index is 410. The Morgan fingerprint density at radius 3 is 2.88 bits per heavy atom. The Kier molecular flexibility index (Phi) is 3.41. The maximum Gasteiger partial charge on any atom is 0.407 e. The lowest BCUT2D eigenvalue weighted by molar-refractivity contribution is 0.148. The Morgan fingerprint density at radius 1 is 1.35 bits per heavy atom. The predicted octanol–water partition coefficient (Wildman–Crippen LogP) is 0.975. The van der Waals surface area contributed by atoms with Crippen LogP contribution in [0.5, 0.6) is 0 Å². The van der Waals surface area contributed by atoms with Gasteiger partial charge in [0, 0.05) is 38.1 Å². The van der Waals surface area contributed by atoms with Gasteiger partial charge in [-0.3, -0.25) is 0 Å². The van der Waals surface area contributed by atoms with Gasteiger partial charge in [-0.25, -0.2) is 14.8 Å². The molecule has 1 fully saturated rings. The zero-order valence-corrected chi connectivity index (χ0v) is 9.83. The molecule has 1 amide bonds. The standard InChI is InChI=1S/C11H16N4O2/c1-9-3-4-12-10(13-9)14-5-2-6-15(8-7-14)11(16)17/h3-4H,2,5-8H2,1H3,(H,16,17). The molecule has 2 heterocycles. The molecule has 92 valence electrons. The summed E-state index contributed by atoms with van der Waals surface area (Å²) >= 11 is 0. The lowest BCUT2D eigenvalue weighted by Crippen LogP contribution is -2.34. The number of aromatic nitrogens is 2. The van der Waals surface area contributed by atoms with E-state index in [2.05, 4.69) is 9.97 Å². The summed E-state index contributed by atoms with van der Waals surface area (Å²) in [6.07, 6.45) is 1.69. The summed E-state index contributed by atoms with van der Waals surface area (Å²) < 4.78 is 0. The third kappa shape index (κ3) is 2.83. The molecule has 2 rings (SSSR count).